The molecule has 2 aromatic rings. The Hall–Kier alpha value is -2.08. The first-order valence-electron chi connectivity index (χ1n) is 5.13. The molecule has 2 rings (SSSR count). The Balaban J connectivity index is 2.31. The minimum atomic E-state index is -0.394. The lowest BCUT2D eigenvalue weighted by Crippen LogP contribution is -2.13. The van der Waals surface area contributed by atoms with Gasteiger partial charge in [-0.25, -0.2) is 9.37 Å². The number of nitrogens with two attached hydrogens (primary N) is 1. The topological polar surface area (TPSA) is 61.0 Å². The number of ether oxygens (including phenoxy) is 1. The molecule has 0 atom stereocenters. The monoisotopic (exact) mass is 263 g/mol. The third-order valence-corrected chi connectivity index (χ3v) is 2.30. The summed E-state index contributed by atoms with van der Waals surface area (Å²) >= 11 is 4.84. The van der Waals surface area contributed by atoms with Crippen LogP contribution in [0, 0.1) is 12.7 Å². The van der Waals surface area contributed by atoms with Gasteiger partial charge in [-0.2, -0.15) is 4.98 Å². The molecule has 0 bridgehead atoms. The molecule has 0 aliphatic carbocycles. The molecule has 4 nitrogen and oxygen atoms in total. The first kappa shape index (κ1) is 12.4. The number of rotatable bonds is 3. The fraction of sp³-hybridized carbons (Fsp3) is 0.0833. The maximum Gasteiger partial charge on any atom is 0.322 e. The van der Waals surface area contributed by atoms with E-state index in [-0.39, 0.29) is 11.0 Å². The fourth-order valence-electron chi connectivity index (χ4n) is 1.35. The highest BCUT2D eigenvalue weighted by atomic mass is 32.1. The highest BCUT2D eigenvalue weighted by Crippen LogP contribution is 2.19. The lowest BCUT2D eigenvalue weighted by atomic mass is 10.3. The van der Waals surface area contributed by atoms with Crippen molar-refractivity contribution in [2.24, 2.45) is 5.73 Å². The van der Waals surface area contributed by atoms with E-state index in [1.165, 1.54) is 18.2 Å². The molecule has 1 aromatic carbocycles. The molecule has 0 amide bonds. The van der Waals surface area contributed by atoms with Gasteiger partial charge in [0.25, 0.3) is 0 Å². The maximum absolute atomic E-state index is 13.0. The van der Waals surface area contributed by atoms with Gasteiger partial charge in [0.2, 0.25) is 0 Å². The second kappa shape index (κ2) is 5.05. The van der Waals surface area contributed by atoms with Crippen LogP contribution in [-0.4, -0.2) is 15.0 Å². The van der Waals surface area contributed by atoms with Gasteiger partial charge < -0.3 is 10.5 Å². The van der Waals surface area contributed by atoms with Gasteiger partial charge in [-0.1, -0.05) is 18.3 Å². The summed E-state index contributed by atoms with van der Waals surface area (Å²) in [6.07, 6.45) is 0. The average molecular weight is 263 g/mol. The number of nitrogens with zero attached hydrogens (tertiary/aromatic N) is 2. The van der Waals surface area contributed by atoms with Gasteiger partial charge >= 0.3 is 6.01 Å². The Labute approximate surface area is 109 Å². The molecular formula is C12H10FN3OS. The molecule has 1 aromatic heterocycles. The largest absolute Gasteiger partial charge is 0.424 e. The average Bonchev–Trinajstić information content (AvgIpc) is 2.28. The van der Waals surface area contributed by atoms with E-state index in [0.717, 1.165) is 0 Å². The molecule has 0 aliphatic heterocycles. The van der Waals surface area contributed by atoms with E-state index >= 15 is 0 Å². The van der Waals surface area contributed by atoms with E-state index in [1.807, 2.05) is 0 Å². The number of thiocarbonyl (C=S) groups is 1. The minimum Gasteiger partial charge on any atom is -0.424 e. The van der Waals surface area contributed by atoms with E-state index in [9.17, 15) is 4.39 Å². The van der Waals surface area contributed by atoms with E-state index in [0.29, 0.717) is 17.1 Å². The summed E-state index contributed by atoms with van der Waals surface area (Å²) in [5.41, 5.74) is 6.58. The quantitative estimate of drug-likeness (QED) is 0.861. The number of benzene rings is 1. The molecule has 0 saturated carbocycles. The molecule has 0 spiro atoms. The van der Waals surface area contributed by atoms with Crippen molar-refractivity contribution in [1.29, 1.82) is 0 Å². The highest BCUT2D eigenvalue weighted by molar-refractivity contribution is 7.80. The molecule has 6 heteroatoms. The van der Waals surface area contributed by atoms with E-state index < -0.39 is 5.82 Å². The van der Waals surface area contributed by atoms with Crippen LogP contribution in [0.1, 0.15) is 11.4 Å². The summed E-state index contributed by atoms with van der Waals surface area (Å²) in [5.74, 6) is -0.0794. The molecule has 0 radical (unpaired) electrons. The van der Waals surface area contributed by atoms with Crippen LogP contribution in [0.5, 0.6) is 11.8 Å². The third-order valence-electron chi connectivity index (χ3n) is 2.09. The van der Waals surface area contributed by atoms with Crippen LogP contribution < -0.4 is 10.5 Å². The van der Waals surface area contributed by atoms with Crippen LogP contribution >= 0.6 is 12.2 Å². The molecule has 1 heterocycles. The predicted octanol–water partition coefficient (Wildman–Crippen LogP) is 2.35. The Bertz CT molecular complexity index is 604. The molecule has 2 N–H and O–H groups in total. The van der Waals surface area contributed by atoms with Crippen molar-refractivity contribution in [2.45, 2.75) is 6.92 Å². The van der Waals surface area contributed by atoms with Gasteiger partial charge in [-0.15, -0.1) is 0 Å². The fourth-order valence-corrected chi connectivity index (χ4v) is 1.45. The summed E-state index contributed by atoms with van der Waals surface area (Å²) in [6, 6.07) is 7.45. The Morgan fingerprint density at radius 2 is 2.11 bits per heavy atom. The van der Waals surface area contributed by atoms with Crippen LogP contribution in [0.15, 0.2) is 30.3 Å². The Kier molecular flexibility index (Phi) is 3.47. The molecule has 0 unspecified atom stereocenters. The van der Waals surface area contributed by atoms with Crippen LogP contribution in [-0.2, 0) is 0 Å². The first-order valence-corrected chi connectivity index (χ1v) is 5.54. The van der Waals surface area contributed by atoms with Gasteiger partial charge in [0, 0.05) is 11.8 Å². The standard InChI is InChI=1S/C12H10FN3OS/c1-7-5-10(11(14)18)16-12(15-7)17-9-4-2-3-8(13)6-9/h2-6H,1H3,(H2,14,18). The SMILES string of the molecule is Cc1cc(C(N)=S)nc(Oc2cccc(F)c2)n1. The van der Waals surface area contributed by atoms with Crippen molar-refractivity contribution in [3.63, 3.8) is 0 Å². The van der Waals surface area contributed by atoms with Crippen LogP contribution in [0.3, 0.4) is 0 Å². The molecule has 0 saturated heterocycles. The Morgan fingerprint density at radius 3 is 2.78 bits per heavy atom. The summed E-state index contributed by atoms with van der Waals surface area (Å²) in [4.78, 5) is 8.26. The molecular weight excluding hydrogens is 253 g/mol. The summed E-state index contributed by atoms with van der Waals surface area (Å²) in [5, 5.41) is 0. The number of hydrogen-bond acceptors (Lipinski definition) is 4. The third kappa shape index (κ3) is 2.98. The number of aromatic nitrogens is 2. The second-order valence-electron chi connectivity index (χ2n) is 3.60. The zero-order valence-corrected chi connectivity index (χ0v) is 10.4. The van der Waals surface area contributed by atoms with E-state index in [1.54, 1.807) is 19.1 Å². The van der Waals surface area contributed by atoms with Crippen molar-refractivity contribution in [2.75, 3.05) is 0 Å². The van der Waals surface area contributed by atoms with Crippen molar-refractivity contribution in [1.82, 2.24) is 9.97 Å². The van der Waals surface area contributed by atoms with E-state index in [4.69, 9.17) is 22.7 Å². The second-order valence-corrected chi connectivity index (χ2v) is 4.04. The van der Waals surface area contributed by atoms with Gasteiger partial charge in [-0.05, 0) is 25.1 Å². The van der Waals surface area contributed by atoms with Crippen LogP contribution in [0.2, 0.25) is 0 Å². The van der Waals surface area contributed by atoms with Crippen molar-refractivity contribution in [3.8, 4) is 11.8 Å². The van der Waals surface area contributed by atoms with Crippen molar-refractivity contribution in [3.05, 3.63) is 47.5 Å². The zero-order valence-electron chi connectivity index (χ0n) is 9.55. The molecule has 92 valence electrons. The van der Waals surface area contributed by atoms with Crippen molar-refractivity contribution < 1.29 is 9.13 Å². The molecule has 0 fully saturated rings. The molecule has 18 heavy (non-hydrogen) atoms. The van der Waals surface area contributed by atoms with Gasteiger partial charge in [0.15, 0.2) is 0 Å². The van der Waals surface area contributed by atoms with Gasteiger partial charge in [0.1, 0.15) is 22.2 Å². The smallest absolute Gasteiger partial charge is 0.322 e. The highest BCUT2D eigenvalue weighted by Gasteiger charge is 2.07. The van der Waals surface area contributed by atoms with E-state index in [2.05, 4.69) is 9.97 Å². The summed E-state index contributed by atoms with van der Waals surface area (Å²) in [6.45, 7) is 1.77. The predicted molar refractivity (Wildman–Crippen MR) is 69.1 cm³/mol. The number of aryl methyl sites for hydroxylation is 1. The summed E-state index contributed by atoms with van der Waals surface area (Å²) < 4.78 is 18.3. The first-order chi connectivity index (χ1) is 8.54. The number of hydrogen-bond donors (Lipinski definition) is 1. The molecule has 0 aliphatic rings. The Morgan fingerprint density at radius 1 is 1.33 bits per heavy atom. The van der Waals surface area contributed by atoms with Gasteiger partial charge in [-0.3, -0.25) is 0 Å². The minimum absolute atomic E-state index is 0.0865. The number of halogens is 1. The summed E-state index contributed by atoms with van der Waals surface area (Å²) in [7, 11) is 0. The lowest BCUT2D eigenvalue weighted by Gasteiger charge is -2.06. The maximum atomic E-state index is 13.0. The lowest BCUT2D eigenvalue weighted by molar-refractivity contribution is 0.436. The van der Waals surface area contributed by atoms with Crippen LogP contribution in [0.25, 0.3) is 0 Å². The van der Waals surface area contributed by atoms with Gasteiger partial charge in [0.05, 0.1) is 0 Å². The van der Waals surface area contributed by atoms with Crippen LogP contribution in [0.4, 0.5) is 4.39 Å². The van der Waals surface area contributed by atoms with Crippen molar-refractivity contribution >= 4 is 17.2 Å². The normalized spacial score (nSPS) is 10.1. The zero-order chi connectivity index (χ0) is 13.1.